The van der Waals surface area contributed by atoms with Crippen LogP contribution in [0.4, 0.5) is 4.39 Å². The highest BCUT2D eigenvalue weighted by Gasteiger charge is 2.15. The zero-order chi connectivity index (χ0) is 16.8. The summed E-state index contributed by atoms with van der Waals surface area (Å²) in [5.41, 5.74) is 3.40. The van der Waals surface area contributed by atoms with E-state index in [-0.39, 0.29) is 5.82 Å². The fraction of sp³-hybridized carbons (Fsp3) is 0.455. The Labute approximate surface area is 144 Å². The highest BCUT2D eigenvalue weighted by Crippen LogP contribution is 2.34. The first-order chi connectivity index (χ1) is 11.8. The third-order valence-corrected chi connectivity index (χ3v) is 5.01. The molecule has 1 fully saturated rings. The normalized spacial score (nSPS) is 15.4. The number of benzene rings is 2. The average molecular weight is 326 g/mol. The van der Waals surface area contributed by atoms with Crippen molar-refractivity contribution in [3.8, 4) is 16.9 Å². The van der Waals surface area contributed by atoms with Gasteiger partial charge in [0, 0.05) is 0 Å². The monoisotopic (exact) mass is 326 g/mol. The topological polar surface area (TPSA) is 9.23 Å². The van der Waals surface area contributed by atoms with Crippen molar-refractivity contribution in [1.82, 2.24) is 0 Å². The van der Waals surface area contributed by atoms with Crippen LogP contribution >= 0.6 is 0 Å². The molecule has 0 aromatic heterocycles. The Hall–Kier alpha value is -1.83. The van der Waals surface area contributed by atoms with Crippen molar-refractivity contribution < 1.29 is 9.13 Å². The zero-order valence-corrected chi connectivity index (χ0v) is 14.6. The van der Waals surface area contributed by atoms with Gasteiger partial charge in [-0.25, -0.2) is 4.39 Å². The summed E-state index contributed by atoms with van der Waals surface area (Å²) in [7, 11) is 0. The van der Waals surface area contributed by atoms with E-state index < -0.39 is 0 Å². The van der Waals surface area contributed by atoms with Gasteiger partial charge >= 0.3 is 0 Å². The maximum atomic E-state index is 14.2. The van der Waals surface area contributed by atoms with E-state index in [0.29, 0.717) is 18.3 Å². The van der Waals surface area contributed by atoms with Crippen LogP contribution in [0.15, 0.2) is 42.5 Å². The van der Waals surface area contributed by atoms with Crippen LogP contribution in [0.5, 0.6) is 5.75 Å². The molecule has 2 heteroatoms. The maximum absolute atomic E-state index is 14.2. The molecule has 0 heterocycles. The minimum Gasteiger partial charge on any atom is -0.491 e. The summed E-state index contributed by atoms with van der Waals surface area (Å²) >= 11 is 0. The van der Waals surface area contributed by atoms with E-state index in [1.165, 1.54) is 37.7 Å². The lowest BCUT2D eigenvalue weighted by molar-refractivity contribution is 0.294. The smallest absolute Gasteiger partial charge is 0.165 e. The summed E-state index contributed by atoms with van der Waals surface area (Å²) in [6, 6.07) is 13.9. The van der Waals surface area contributed by atoms with Gasteiger partial charge in [0.15, 0.2) is 11.6 Å². The Morgan fingerprint density at radius 2 is 1.67 bits per heavy atom. The van der Waals surface area contributed by atoms with Gasteiger partial charge in [-0.15, -0.1) is 0 Å². The van der Waals surface area contributed by atoms with Crippen molar-refractivity contribution >= 4 is 0 Å². The van der Waals surface area contributed by atoms with Crippen molar-refractivity contribution in [3.63, 3.8) is 0 Å². The van der Waals surface area contributed by atoms with Crippen molar-refractivity contribution in [2.75, 3.05) is 6.61 Å². The molecule has 0 radical (unpaired) electrons. The van der Waals surface area contributed by atoms with E-state index in [4.69, 9.17) is 4.74 Å². The number of unbranched alkanes of at least 4 members (excludes halogenated alkanes) is 1. The summed E-state index contributed by atoms with van der Waals surface area (Å²) in [6.45, 7) is 2.67. The predicted molar refractivity (Wildman–Crippen MR) is 98.1 cm³/mol. The van der Waals surface area contributed by atoms with Gasteiger partial charge < -0.3 is 4.74 Å². The van der Waals surface area contributed by atoms with E-state index >= 15 is 0 Å². The Morgan fingerprint density at radius 3 is 2.33 bits per heavy atom. The van der Waals surface area contributed by atoms with E-state index in [2.05, 4.69) is 31.2 Å². The minimum atomic E-state index is -0.278. The minimum absolute atomic E-state index is 0.278. The van der Waals surface area contributed by atoms with E-state index in [1.807, 2.05) is 6.07 Å². The first-order valence-electron chi connectivity index (χ1n) is 9.30. The van der Waals surface area contributed by atoms with Crippen molar-refractivity contribution in [1.29, 1.82) is 0 Å². The molecule has 0 atom stereocenters. The Kier molecular flexibility index (Phi) is 5.90. The molecule has 0 saturated heterocycles. The van der Waals surface area contributed by atoms with Crippen LogP contribution in [-0.4, -0.2) is 6.61 Å². The maximum Gasteiger partial charge on any atom is 0.165 e. The van der Waals surface area contributed by atoms with E-state index in [0.717, 1.165) is 24.0 Å². The molecule has 1 aliphatic rings. The molecule has 1 aliphatic carbocycles. The number of rotatable bonds is 6. The molecule has 3 rings (SSSR count). The number of halogens is 1. The van der Waals surface area contributed by atoms with Gasteiger partial charge in [-0.2, -0.15) is 0 Å². The van der Waals surface area contributed by atoms with E-state index in [9.17, 15) is 4.39 Å². The molecule has 0 unspecified atom stereocenters. The molecule has 2 aromatic rings. The van der Waals surface area contributed by atoms with Crippen LogP contribution in [0.1, 0.15) is 63.4 Å². The van der Waals surface area contributed by atoms with Gasteiger partial charge in [0.05, 0.1) is 6.61 Å². The van der Waals surface area contributed by atoms with Gasteiger partial charge in [0.25, 0.3) is 0 Å². The van der Waals surface area contributed by atoms with Crippen molar-refractivity contribution in [2.24, 2.45) is 0 Å². The molecular formula is C22H27FO. The molecule has 1 saturated carbocycles. The molecule has 0 bridgehead atoms. The fourth-order valence-corrected chi connectivity index (χ4v) is 3.51. The number of hydrogen-bond acceptors (Lipinski definition) is 1. The van der Waals surface area contributed by atoms with Gasteiger partial charge in [0.2, 0.25) is 0 Å². The summed E-state index contributed by atoms with van der Waals surface area (Å²) in [5, 5.41) is 0. The third-order valence-electron chi connectivity index (χ3n) is 5.01. The molecule has 0 spiro atoms. The molecule has 0 N–H and O–H groups in total. The van der Waals surface area contributed by atoms with Gasteiger partial charge in [-0.3, -0.25) is 0 Å². The highest BCUT2D eigenvalue weighted by molar-refractivity contribution is 5.64. The first kappa shape index (κ1) is 17.0. The van der Waals surface area contributed by atoms with Crippen molar-refractivity contribution in [3.05, 3.63) is 53.8 Å². The second-order valence-electron chi connectivity index (χ2n) is 6.80. The Balaban J connectivity index is 1.70. The molecule has 0 amide bonds. The van der Waals surface area contributed by atoms with E-state index in [1.54, 1.807) is 12.1 Å². The standard InChI is InChI=1S/C22H27FO/c1-2-3-15-24-22-14-13-20(16-21(22)23)19-11-9-18(10-12-19)17-7-5-4-6-8-17/h9-14,16-17H,2-8,15H2,1H3. The second kappa shape index (κ2) is 8.32. The lowest BCUT2D eigenvalue weighted by Crippen LogP contribution is -2.04. The predicted octanol–water partition coefficient (Wildman–Crippen LogP) is 6.72. The lowest BCUT2D eigenvalue weighted by atomic mass is 9.84. The highest BCUT2D eigenvalue weighted by atomic mass is 19.1. The van der Waals surface area contributed by atoms with Crippen LogP contribution in [0, 0.1) is 5.82 Å². The second-order valence-corrected chi connectivity index (χ2v) is 6.80. The fourth-order valence-electron chi connectivity index (χ4n) is 3.51. The van der Waals surface area contributed by atoms with Crippen LogP contribution in [0.3, 0.4) is 0 Å². The van der Waals surface area contributed by atoms with Gasteiger partial charge in [-0.1, -0.05) is 62.9 Å². The number of hydrogen-bond donors (Lipinski definition) is 0. The van der Waals surface area contributed by atoms with Gasteiger partial charge in [0.1, 0.15) is 0 Å². The summed E-state index contributed by atoms with van der Waals surface area (Å²) in [6.07, 6.45) is 8.67. The molecule has 1 nitrogen and oxygen atoms in total. The van der Waals surface area contributed by atoms with Crippen LogP contribution in [0.25, 0.3) is 11.1 Å². The van der Waals surface area contributed by atoms with Crippen molar-refractivity contribution in [2.45, 2.75) is 57.8 Å². The Morgan fingerprint density at radius 1 is 0.958 bits per heavy atom. The molecular weight excluding hydrogens is 299 g/mol. The molecule has 24 heavy (non-hydrogen) atoms. The van der Waals surface area contributed by atoms with Crippen LogP contribution in [-0.2, 0) is 0 Å². The summed E-state index contributed by atoms with van der Waals surface area (Å²) in [5.74, 6) is 0.782. The Bertz CT molecular complexity index is 642. The number of ether oxygens (including phenoxy) is 1. The lowest BCUT2D eigenvalue weighted by Gasteiger charge is -2.22. The quantitative estimate of drug-likeness (QED) is 0.535. The SMILES string of the molecule is CCCCOc1ccc(-c2ccc(C3CCCCC3)cc2)cc1F. The largest absolute Gasteiger partial charge is 0.491 e. The first-order valence-corrected chi connectivity index (χ1v) is 9.30. The third kappa shape index (κ3) is 4.17. The van der Waals surface area contributed by atoms with Crippen LogP contribution < -0.4 is 4.74 Å². The molecule has 128 valence electrons. The zero-order valence-electron chi connectivity index (χ0n) is 14.6. The average Bonchev–Trinajstić information content (AvgIpc) is 2.64. The molecule has 0 aliphatic heterocycles. The summed E-state index contributed by atoms with van der Waals surface area (Å²) < 4.78 is 19.7. The van der Waals surface area contributed by atoms with Gasteiger partial charge in [-0.05, 0) is 54.0 Å². The van der Waals surface area contributed by atoms with Crippen LogP contribution in [0.2, 0.25) is 0 Å². The molecule has 2 aromatic carbocycles. The summed E-state index contributed by atoms with van der Waals surface area (Å²) in [4.78, 5) is 0.